The number of alkyl halides is 1. The van der Waals surface area contributed by atoms with Gasteiger partial charge in [-0.2, -0.15) is 0 Å². The van der Waals surface area contributed by atoms with Crippen LogP contribution in [0.25, 0.3) is 0 Å². The van der Waals surface area contributed by atoms with E-state index in [1.807, 2.05) is 35.2 Å². The third-order valence-electron chi connectivity index (χ3n) is 3.04. The summed E-state index contributed by atoms with van der Waals surface area (Å²) in [5.74, 6) is 0.0843. The van der Waals surface area contributed by atoms with Gasteiger partial charge < -0.3 is 10.9 Å². The van der Waals surface area contributed by atoms with Gasteiger partial charge in [0.15, 0.2) is 5.84 Å². The van der Waals surface area contributed by atoms with Gasteiger partial charge >= 0.3 is 0 Å². The average Bonchev–Trinajstić information content (AvgIpc) is 2.70. The second kappa shape index (κ2) is 5.14. The molecule has 2 rings (SSSR count). The molecule has 1 aliphatic heterocycles. The fourth-order valence-corrected chi connectivity index (χ4v) is 2.21. The summed E-state index contributed by atoms with van der Waals surface area (Å²) in [4.78, 5) is 1.90. The minimum absolute atomic E-state index is 0.0843. The van der Waals surface area contributed by atoms with E-state index in [4.69, 9.17) is 10.9 Å². The molecule has 17 heavy (non-hydrogen) atoms. The molecule has 0 radical (unpaired) electrons. The number of benzene rings is 1. The van der Waals surface area contributed by atoms with Crippen LogP contribution in [0, 0.1) is 0 Å². The highest BCUT2D eigenvalue weighted by Gasteiger charge is 2.34. The molecule has 4 nitrogen and oxygen atoms in total. The summed E-state index contributed by atoms with van der Waals surface area (Å²) in [6.45, 7) is 0.942. The molecule has 0 amide bonds. The molecule has 92 valence electrons. The van der Waals surface area contributed by atoms with Gasteiger partial charge in [0, 0.05) is 19.5 Å². The maximum atomic E-state index is 13.4. The Bertz CT molecular complexity index is 396. The number of hydrogen-bond donors (Lipinski definition) is 2. The molecule has 1 heterocycles. The number of likely N-dealkylation sites (tertiary alicyclic amines) is 1. The van der Waals surface area contributed by atoms with Crippen LogP contribution in [0.15, 0.2) is 35.5 Å². The van der Waals surface area contributed by atoms with Gasteiger partial charge in [-0.1, -0.05) is 35.5 Å². The lowest BCUT2D eigenvalue weighted by Crippen LogP contribution is -2.40. The van der Waals surface area contributed by atoms with E-state index in [0.717, 1.165) is 5.56 Å². The minimum atomic E-state index is -0.913. The van der Waals surface area contributed by atoms with E-state index in [9.17, 15) is 4.39 Å². The topological polar surface area (TPSA) is 61.9 Å². The van der Waals surface area contributed by atoms with Crippen LogP contribution in [0.5, 0.6) is 0 Å². The molecule has 0 aliphatic carbocycles. The third-order valence-corrected chi connectivity index (χ3v) is 3.04. The fraction of sp³-hybridized carbons (Fsp3) is 0.417. The quantitative estimate of drug-likeness (QED) is 0.361. The van der Waals surface area contributed by atoms with E-state index in [-0.39, 0.29) is 11.9 Å². The van der Waals surface area contributed by atoms with Crippen LogP contribution in [0.2, 0.25) is 0 Å². The summed E-state index contributed by atoms with van der Waals surface area (Å²) in [6, 6.07) is 9.47. The van der Waals surface area contributed by atoms with Crippen molar-refractivity contribution in [2.45, 2.75) is 25.2 Å². The van der Waals surface area contributed by atoms with Crippen molar-refractivity contribution in [1.29, 1.82) is 0 Å². The number of rotatable bonds is 3. The molecule has 0 bridgehead atoms. The molecule has 1 aromatic carbocycles. The lowest BCUT2D eigenvalue weighted by molar-refractivity contribution is 0.258. The Morgan fingerprint density at radius 1 is 1.47 bits per heavy atom. The van der Waals surface area contributed by atoms with Crippen molar-refractivity contribution in [3.05, 3.63) is 35.9 Å². The van der Waals surface area contributed by atoms with Crippen molar-refractivity contribution in [2.75, 3.05) is 6.54 Å². The lowest BCUT2D eigenvalue weighted by Gasteiger charge is -2.22. The Morgan fingerprint density at radius 3 is 2.82 bits per heavy atom. The van der Waals surface area contributed by atoms with Crippen molar-refractivity contribution in [3.8, 4) is 0 Å². The van der Waals surface area contributed by atoms with E-state index < -0.39 is 6.17 Å². The first-order valence-electron chi connectivity index (χ1n) is 5.60. The first-order chi connectivity index (χ1) is 8.20. The molecule has 1 aromatic rings. The maximum absolute atomic E-state index is 13.4. The van der Waals surface area contributed by atoms with Gasteiger partial charge in [0.05, 0.1) is 6.04 Å². The lowest BCUT2D eigenvalue weighted by atomic mass is 10.1. The average molecular weight is 237 g/mol. The summed E-state index contributed by atoms with van der Waals surface area (Å²) >= 11 is 0. The van der Waals surface area contributed by atoms with Crippen molar-refractivity contribution in [1.82, 2.24) is 4.90 Å². The summed E-state index contributed by atoms with van der Waals surface area (Å²) in [5.41, 5.74) is 6.67. The number of halogens is 1. The number of oxime groups is 1. The van der Waals surface area contributed by atoms with Crippen LogP contribution < -0.4 is 5.73 Å². The van der Waals surface area contributed by atoms with Crippen molar-refractivity contribution < 1.29 is 9.60 Å². The first-order valence-corrected chi connectivity index (χ1v) is 5.60. The van der Waals surface area contributed by atoms with Gasteiger partial charge in [0.1, 0.15) is 6.17 Å². The Kier molecular flexibility index (Phi) is 3.58. The molecule has 1 fully saturated rings. The zero-order chi connectivity index (χ0) is 12.3. The summed E-state index contributed by atoms with van der Waals surface area (Å²) < 4.78 is 13.4. The van der Waals surface area contributed by atoms with E-state index in [1.165, 1.54) is 0 Å². The molecule has 3 N–H and O–H groups in total. The molecule has 0 unspecified atom stereocenters. The summed E-state index contributed by atoms with van der Waals surface area (Å²) in [5, 5.41) is 11.7. The van der Waals surface area contributed by atoms with E-state index in [1.54, 1.807) is 0 Å². The standard InChI is InChI=1S/C12H16FN3O/c13-10-6-11(12(14)15-17)16(8-10)7-9-4-2-1-3-5-9/h1-5,10-11,17H,6-8H2,(H2,14,15)/t10-,11-/m0/s1. The maximum Gasteiger partial charge on any atom is 0.156 e. The molecule has 1 aliphatic rings. The number of nitrogens with zero attached hydrogens (tertiary/aromatic N) is 2. The zero-order valence-electron chi connectivity index (χ0n) is 9.46. The Balaban J connectivity index is 2.09. The Morgan fingerprint density at radius 2 is 2.18 bits per heavy atom. The third kappa shape index (κ3) is 2.74. The fourth-order valence-electron chi connectivity index (χ4n) is 2.21. The Hall–Kier alpha value is -1.62. The molecular weight excluding hydrogens is 221 g/mol. The normalized spacial score (nSPS) is 26.3. The van der Waals surface area contributed by atoms with Crippen LogP contribution >= 0.6 is 0 Å². The predicted octanol–water partition coefficient (Wildman–Crippen LogP) is 1.35. The SMILES string of the molecule is NC(=NO)[C@@H]1C[C@H](F)CN1Cc1ccccc1. The number of hydrogen-bond acceptors (Lipinski definition) is 3. The van der Waals surface area contributed by atoms with E-state index in [2.05, 4.69) is 5.16 Å². The van der Waals surface area contributed by atoms with Crippen LogP contribution in [0.3, 0.4) is 0 Å². The van der Waals surface area contributed by atoms with Crippen LogP contribution in [0.4, 0.5) is 4.39 Å². The highest BCUT2D eigenvalue weighted by atomic mass is 19.1. The van der Waals surface area contributed by atoms with E-state index >= 15 is 0 Å². The van der Waals surface area contributed by atoms with Crippen molar-refractivity contribution >= 4 is 5.84 Å². The summed E-state index contributed by atoms with van der Waals surface area (Å²) in [6.07, 6.45) is -0.619. The van der Waals surface area contributed by atoms with Crippen LogP contribution in [0.1, 0.15) is 12.0 Å². The molecule has 0 saturated carbocycles. The van der Waals surface area contributed by atoms with Crippen LogP contribution in [-0.2, 0) is 6.54 Å². The van der Waals surface area contributed by atoms with Gasteiger partial charge in [-0.25, -0.2) is 4.39 Å². The molecule has 5 heteroatoms. The molecule has 0 spiro atoms. The zero-order valence-corrected chi connectivity index (χ0v) is 9.46. The monoisotopic (exact) mass is 237 g/mol. The minimum Gasteiger partial charge on any atom is -0.409 e. The number of amidine groups is 1. The van der Waals surface area contributed by atoms with Crippen molar-refractivity contribution in [3.63, 3.8) is 0 Å². The summed E-state index contributed by atoms with van der Waals surface area (Å²) in [7, 11) is 0. The van der Waals surface area contributed by atoms with Crippen LogP contribution in [-0.4, -0.2) is 34.7 Å². The highest BCUT2D eigenvalue weighted by Crippen LogP contribution is 2.22. The number of nitrogens with two attached hydrogens (primary N) is 1. The largest absolute Gasteiger partial charge is 0.409 e. The van der Waals surface area contributed by atoms with Gasteiger partial charge in [-0.3, -0.25) is 4.90 Å². The van der Waals surface area contributed by atoms with Gasteiger partial charge in [0.25, 0.3) is 0 Å². The second-order valence-corrected chi connectivity index (χ2v) is 4.29. The van der Waals surface area contributed by atoms with Gasteiger partial charge in [-0.05, 0) is 5.56 Å². The van der Waals surface area contributed by atoms with E-state index in [0.29, 0.717) is 19.5 Å². The molecule has 2 atom stereocenters. The first kappa shape index (κ1) is 11.9. The highest BCUT2D eigenvalue weighted by molar-refractivity contribution is 5.85. The predicted molar refractivity (Wildman–Crippen MR) is 63.6 cm³/mol. The Labute approximate surface area is 99.5 Å². The van der Waals surface area contributed by atoms with Gasteiger partial charge in [0.2, 0.25) is 0 Å². The second-order valence-electron chi connectivity index (χ2n) is 4.29. The molecule has 1 saturated heterocycles. The smallest absolute Gasteiger partial charge is 0.156 e. The van der Waals surface area contributed by atoms with Crippen molar-refractivity contribution in [2.24, 2.45) is 10.9 Å². The molecule has 0 aromatic heterocycles. The van der Waals surface area contributed by atoms with Gasteiger partial charge in [-0.15, -0.1) is 0 Å². The molecular formula is C12H16FN3O.